The van der Waals surface area contributed by atoms with E-state index in [0.717, 1.165) is 63.4 Å². The molecule has 0 aromatic carbocycles. The molecule has 24 heavy (non-hydrogen) atoms. The van der Waals surface area contributed by atoms with Crippen LogP contribution in [-0.4, -0.2) is 66.0 Å². The molecular formula is C18H24N4OS. The average Bonchev–Trinajstić information content (AvgIpc) is 3.31. The van der Waals surface area contributed by atoms with Gasteiger partial charge in [-0.1, -0.05) is 0 Å². The first kappa shape index (κ1) is 15.8. The second-order valence-corrected chi connectivity index (χ2v) is 7.65. The lowest BCUT2D eigenvalue weighted by atomic mass is 10.2. The molecule has 1 amide bonds. The van der Waals surface area contributed by atoms with Crippen LogP contribution in [0.2, 0.25) is 0 Å². The van der Waals surface area contributed by atoms with Gasteiger partial charge in [0, 0.05) is 39.3 Å². The molecule has 4 heterocycles. The molecule has 2 aromatic heterocycles. The monoisotopic (exact) mass is 344 g/mol. The zero-order valence-corrected chi connectivity index (χ0v) is 15.0. The molecule has 0 spiro atoms. The summed E-state index contributed by atoms with van der Waals surface area (Å²) in [5, 5.41) is 2.09. The lowest BCUT2D eigenvalue weighted by molar-refractivity contribution is -0.135. The fourth-order valence-electron chi connectivity index (χ4n) is 3.71. The molecule has 1 atom stereocenters. The van der Waals surface area contributed by atoms with Gasteiger partial charge in [-0.3, -0.25) is 9.69 Å². The minimum Gasteiger partial charge on any atom is -0.354 e. The zero-order valence-electron chi connectivity index (χ0n) is 14.1. The van der Waals surface area contributed by atoms with Crippen molar-refractivity contribution in [3.8, 4) is 0 Å². The first-order valence-corrected chi connectivity index (χ1v) is 9.72. The summed E-state index contributed by atoms with van der Waals surface area (Å²) in [7, 11) is 0. The Hall–Kier alpha value is -1.66. The number of piperazine rings is 1. The van der Waals surface area contributed by atoms with Crippen molar-refractivity contribution in [2.24, 2.45) is 0 Å². The second kappa shape index (κ2) is 6.69. The van der Waals surface area contributed by atoms with E-state index in [1.165, 1.54) is 4.70 Å². The predicted molar refractivity (Wildman–Crippen MR) is 98.7 cm³/mol. The molecule has 2 fully saturated rings. The Bertz CT molecular complexity index is 717. The molecule has 2 aliphatic heterocycles. The summed E-state index contributed by atoms with van der Waals surface area (Å²) in [5.74, 6) is 1.36. The van der Waals surface area contributed by atoms with Crippen LogP contribution in [0.1, 0.15) is 19.8 Å². The van der Waals surface area contributed by atoms with Gasteiger partial charge in [-0.25, -0.2) is 4.98 Å². The summed E-state index contributed by atoms with van der Waals surface area (Å²) in [6.07, 6.45) is 2.31. The number of likely N-dealkylation sites (tertiary alicyclic amines) is 1. The third-order valence-electron chi connectivity index (χ3n) is 5.25. The molecule has 0 radical (unpaired) electrons. The fraction of sp³-hybridized carbons (Fsp3) is 0.556. The minimum absolute atomic E-state index is 0.00226. The third-order valence-corrected chi connectivity index (χ3v) is 6.12. The number of aromatic nitrogens is 1. The van der Waals surface area contributed by atoms with Gasteiger partial charge in [0.1, 0.15) is 5.82 Å². The van der Waals surface area contributed by atoms with E-state index in [-0.39, 0.29) is 6.04 Å². The third kappa shape index (κ3) is 3.00. The number of amides is 1. The Labute approximate surface area is 146 Å². The van der Waals surface area contributed by atoms with Crippen LogP contribution in [0.5, 0.6) is 0 Å². The van der Waals surface area contributed by atoms with Crippen molar-refractivity contribution in [1.82, 2.24) is 14.8 Å². The molecule has 0 aliphatic carbocycles. The first-order valence-electron chi connectivity index (χ1n) is 8.84. The number of fused-ring (bicyclic) bond motifs is 1. The maximum Gasteiger partial charge on any atom is 0.239 e. The molecule has 2 aromatic rings. The summed E-state index contributed by atoms with van der Waals surface area (Å²) >= 11 is 1.73. The summed E-state index contributed by atoms with van der Waals surface area (Å²) < 4.78 is 1.24. The van der Waals surface area contributed by atoms with Crippen LogP contribution < -0.4 is 4.90 Å². The van der Waals surface area contributed by atoms with Gasteiger partial charge in [0.05, 0.1) is 16.3 Å². The van der Waals surface area contributed by atoms with E-state index in [4.69, 9.17) is 4.98 Å². The van der Waals surface area contributed by atoms with Crippen molar-refractivity contribution in [3.05, 3.63) is 23.6 Å². The Balaban J connectivity index is 1.38. The van der Waals surface area contributed by atoms with Gasteiger partial charge >= 0.3 is 0 Å². The molecule has 0 bridgehead atoms. The molecule has 4 rings (SSSR count). The highest BCUT2D eigenvalue weighted by Crippen LogP contribution is 2.23. The van der Waals surface area contributed by atoms with E-state index in [1.54, 1.807) is 11.3 Å². The molecule has 1 unspecified atom stereocenters. The minimum atomic E-state index is -0.00226. The number of hydrogen-bond donors (Lipinski definition) is 0. The number of pyridine rings is 1. The summed E-state index contributed by atoms with van der Waals surface area (Å²) in [6.45, 7) is 7.64. The summed E-state index contributed by atoms with van der Waals surface area (Å²) in [6, 6.07) is 6.36. The topological polar surface area (TPSA) is 39.7 Å². The SMILES string of the molecule is CC(C(=O)N1CCCC1)N1CCN(c2ccc3sccc3n2)CC1. The van der Waals surface area contributed by atoms with Crippen molar-refractivity contribution in [3.63, 3.8) is 0 Å². The first-order chi connectivity index (χ1) is 11.7. The number of nitrogens with zero attached hydrogens (tertiary/aromatic N) is 4. The van der Waals surface area contributed by atoms with E-state index in [0.29, 0.717) is 5.91 Å². The zero-order chi connectivity index (χ0) is 16.5. The lowest BCUT2D eigenvalue weighted by Crippen LogP contribution is -2.54. The van der Waals surface area contributed by atoms with E-state index in [9.17, 15) is 4.79 Å². The highest BCUT2D eigenvalue weighted by atomic mass is 32.1. The van der Waals surface area contributed by atoms with Crippen LogP contribution in [0, 0.1) is 0 Å². The molecule has 0 saturated carbocycles. The van der Waals surface area contributed by atoms with Crippen molar-refractivity contribution in [2.75, 3.05) is 44.2 Å². The normalized spacial score (nSPS) is 20.7. The molecule has 2 saturated heterocycles. The van der Waals surface area contributed by atoms with Gasteiger partial charge in [-0.05, 0) is 43.3 Å². The summed E-state index contributed by atoms with van der Waals surface area (Å²) in [4.78, 5) is 24.0. The van der Waals surface area contributed by atoms with E-state index in [1.807, 2.05) is 4.90 Å². The van der Waals surface area contributed by atoms with Crippen LogP contribution in [-0.2, 0) is 4.79 Å². The van der Waals surface area contributed by atoms with Gasteiger partial charge in [0.15, 0.2) is 0 Å². The molecule has 6 heteroatoms. The number of carbonyl (C=O) groups is 1. The smallest absolute Gasteiger partial charge is 0.239 e. The number of anilines is 1. The van der Waals surface area contributed by atoms with Crippen LogP contribution >= 0.6 is 11.3 Å². The quantitative estimate of drug-likeness (QED) is 0.857. The predicted octanol–water partition coefficient (Wildman–Crippen LogP) is 2.43. The Kier molecular flexibility index (Phi) is 4.41. The van der Waals surface area contributed by atoms with E-state index in [2.05, 4.69) is 40.3 Å². The molecular weight excluding hydrogens is 320 g/mol. The highest BCUT2D eigenvalue weighted by Gasteiger charge is 2.30. The Morgan fingerprint density at radius 2 is 1.83 bits per heavy atom. The van der Waals surface area contributed by atoms with Crippen molar-refractivity contribution < 1.29 is 4.79 Å². The molecule has 0 N–H and O–H groups in total. The fourth-order valence-corrected chi connectivity index (χ4v) is 4.44. The Morgan fingerprint density at radius 3 is 2.58 bits per heavy atom. The largest absolute Gasteiger partial charge is 0.354 e. The molecule has 2 aliphatic rings. The number of carbonyl (C=O) groups excluding carboxylic acids is 1. The van der Waals surface area contributed by atoms with Gasteiger partial charge < -0.3 is 9.80 Å². The van der Waals surface area contributed by atoms with Crippen molar-refractivity contribution in [1.29, 1.82) is 0 Å². The number of rotatable bonds is 3. The maximum atomic E-state index is 12.6. The highest BCUT2D eigenvalue weighted by molar-refractivity contribution is 7.17. The maximum absolute atomic E-state index is 12.6. The van der Waals surface area contributed by atoms with E-state index >= 15 is 0 Å². The number of thiophene rings is 1. The molecule has 5 nitrogen and oxygen atoms in total. The van der Waals surface area contributed by atoms with Gasteiger partial charge in [-0.15, -0.1) is 11.3 Å². The van der Waals surface area contributed by atoms with E-state index < -0.39 is 0 Å². The van der Waals surface area contributed by atoms with Crippen LogP contribution in [0.25, 0.3) is 10.2 Å². The van der Waals surface area contributed by atoms with Gasteiger partial charge in [-0.2, -0.15) is 0 Å². The molecule has 128 valence electrons. The average molecular weight is 344 g/mol. The Morgan fingerprint density at radius 1 is 1.08 bits per heavy atom. The number of hydrogen-bond acceptors (Lipinski definition) is 5. The van der Waals surface area contributed by atoms with Crippen LogP contribution in [0.3, 0.4) is 0 Å². The van der Waals surface area contributed by atoms with Crippen molar-refractivity contribution >= 4 is 33.3 Å². The lowest BCUT2D eigenvalue weighted by Gasteiger charge is -2.39. The van der Waals surface area contributed by atoms with Crippen LogP contribution in [0.15, 0.2) is 23.6 Å². The van der Waals surface area contributed by atoms with Gasteiger partial charge in [0.25, 0.3) is 0 Å². The van der Waals surface area contributed by atoms with Crippen molar-refractivity contribution in [2.45, 2.75) is 25.8 Å². The summed E-state index contributed by atoms with van der Waals surface area (Å²) in [5.41, 5.74) is 1.08. The standard InChI is InChI=1S/C18H24N4OS/c1-14(18(23)22-7-2-3-8-22)20-9-11-21(12-10-20)17-5-4-16-15(19-17)6-13-24-16/h4-6,13-14H,2-3,7-12H2,1H3. The second-order valence-electron chi connectivity index (χ2n) is 6.70. The van der Waals surface area contributed by atoms with Crippen LogP contribution in [0.4, 0.5) is 5.82 Å². The van der Waals surface area contributed by atoms with Gasteiger partial charge in [0.2, 0.25) is 5.91 Å².